The highest BCUT2D eigenvalue weighted by Crippen LogP contribution is 2.16. The molecule has 0 N–H and O–H groups in total. The molecular weight excluding hydrogens is 285 g/mol. The number of hydrogen-bond donors (Lipinski definition) is 0. The summed E-state index contributed by atoms with van der Waals surface area (Å²) in [6.45, 7) is -0.628. The summed E-state index contributed by atoms with van der Waals surface area (Å²) in [5.74, 6) is -3.22. The number of nitrogens with zero attached hydrogens (tertiary/aromatic N) is 1. The second-order valence-electron chi connectivity index (χ2n) is 3.90. The van der Waals surface area contributed by atoms with Gasteiger partial charge in [0, 0.05) is 5.56 Å². The maximum atomic E-state index is 12.9. The molecular formula is C13H8FNO6. The van der Waals surface area contributed by atoms with Crippen LogP contribution in [0.4, 0.5) is 10.3 Å². The van der Waals surface area contributed by atoms with E-state index < -0.39 is 40.7 Å². The predicted molar refractivity (Wildman–Crippen MR) is 66.4 cm³/mol. The van der Waals surface area contributed by atoms with Crippen LogP contribution in [0.15, 0.2) is 40.8 Å². The molecule has 1 aromatic heterocycles. The number of hydrogen-bond acceptors (Lipinski definition) is 6. The molecule has 0 aliphatic carbocycles. The van der Waals surface area contributed by atoms with Crippen molar-refractivity contribution < 1.29 is 28.1 Å². The van der Waals surface area contributed by atoms with E-state index in [-0.39, 0.29) is 5.56 Å². The molecule has 0 aliphatic heterocycles. The van der Waals surface area contributed by atoms with Gasteiger partial charge in [-0.05, 0) is 18.2 Å². The summed E-state index contributed by atoms with van der Waals surface area (Å²) in [6, 6.07) is 6.95. The van der Waals surface area contributed by atoms with Crippen LogP contribution >= 0.6 is 0 Å². The van der Waals surface area contributed by atoms with Crippen molar-refractivity contribution in [3.8, 4) is 0 Å². The standard InChI is InChI=1S/C13H8FNO6/c14-9-3-1-2-8(6-9)10(16)7-20-13(17)11-4-5-12(21-11)15(18)19/h1-6H,7H2. The molecule has 21 heavy (non-hydrogen) atoms. The van der Waals surface area contributed by atoms with Crippen molar-refractivity contribution in [3.63, 3.8) is 0 Å². The Kier molecular flexibility index (Phi) is 4.07. The van der Waals surface area contributed by atoms with E-state index in [2.05, 4.69) is 9.15 Å². The van der Waals surface area contributed by atoms with Gasteiger partial charge in [-0.2, -0.15) is 0 Å². The van der Waals surface area contributed by atoms with Gasteiger partial charge in [-0.15, -0.1) is 0 Å². The van der Waals surface area contributed by atoms with E-state index in [0.717, 1.165) is 18.2 Å². The van der Waals surface area contributed by atoms with Gasteiger partial charge in [-0.3, -0.25) is 14.9 Å². The second-order valence-corrected chi connectivity index (χ2v) is 3.90. The Hall–Kier alpha value is -3.03. The summed E-state index contributed by atoms with van der Waals surface area (Å²) in [5.41, 5.74) is 0.0493. The van der Waals surface area contributed by atoms with E-state index >= 15 is 0 Å². The minimum Gasteiger partial charge on any atom is -0.451 e. The third kappa shape index (κ3) is 3.50. The molecule has 8 heteroatoms. The number of carbonyl (C=O) groups excluding carboxylic acids is 2. The largest absolute Gasteiger partial charge is 0.451 e. The van der Waals surface area contributed by atoms with Gasteiger partial charge in [0.1, 0.15) is 10.7 Å². The van der Waals surface area contributed by atoms with E-state index in [1.54, 1.807) is 0 Å². The molecule has 2 rings (SSSR count). The molecule has 0 amide bonds. The van der Waals surface area contributed by atoms with Gasteiger partial charge in [0.25, 0.3) is 0 Å². The minimum absolute atomic E-state index is 0.0493. The lowest BCUT2D eigenvalue weighted by Crippen LogP contribution is -2.14. The smallest absolute Gasteiger partial charge is 0.433 e. The number of nitro groups is 1. The predicted octanol–water partition coefficient (Wildman–Crippen LogP) is 2.37. The zero-order valence-electron chi connectivity index (χ0n) is 10.4. The maximum Gasteiger partial charge on any atom is 0.433 e. The molecule has 0 bridgehead atoms. The van der Waals surface area contributed by atoms with Crippen molar-refractivity contribution >= 4 is 17.6 Å². The van der Waals surface area contributed by atoms with Crippen LogP contribution in [0.5, 0.6) is 0 Å². The van der Waals surface area contributed by atoms with Crippen LogP contribution in [0.2, 0.25) is 0 Å². The molecule has 0 saturated heterocycles. The summed E-state index contributed by atoms with van der Waals surface area (Å²) in [5, 5.41) is 10.4. The molecule has 7 nitrogen and oxygen atoms in total. The zero-order chi connectivity index (χ0) is 15.4. The van der Waals surface area contributed by atoms with Crippen LogP contribution in [0.25, 0.3) is 0 Å². The number of ketones is 1. The molecule has 0 aliphatic rings. The van der Waals surface area contributed by atoms with Gasteiger partial charge in [0.2, 0.25) is 5.76 Å². The van der Waals surface area contributed by atoms with E-state index in [9.17, 15) is 24.1 Å². The fraction of sp³-hybridized carbons (Fsp3) is 0.0769. The van der Waals surface area contributed by atoms with Gasteiger partial charge in [-0.25, -0.2) is 9.18 Å². The average molecular weight is 293 g/mol. The zero-order valence-corrected chi connectivity index (χ0v) is 10.4. The van der Waals surface area contributed by atoms with Crippen LogP contribution in [0, 0.1) is 15.9 Å². The molecule has 0 unspecified atom stereocenters. The first-order valence-electron chi connectivity index (χ1n) is 5.67. The normalized spacial score (nSPS) is 10.1. The quantitative estimate of drug-likeness (QED) is 0.363. The van der Waals surface area contributed by atoms with Crippen LogP contribution in [-0.2, 0) is 4.74 Å². The highest BCUT2D eigenvalue weighted by Gasteiger charge is 2.19. The topological polar surface area (TPSA) is 99.7 Å². The Bertz CT molecular complexity index is 708. The lowest BCUT2D eigenvalue weighted by Gasteiger charge is -2.02. The number of esters is 1. The Morgan fingerprint density at radius 1 is 1.29 bits per heavy atom. The number of ether oxygens (including phenoxy) is 1. The number of halogens is 1. The molecule has 0 radical (unpaired) electrons. The first-order valence-corrected chi connectivity index (χ1v) is 5.67. The van der Waals surface area contributed by atoms with Crippen molar-refractivity contribution in [3.05, 3.63) is 63.7 Å². The Balaban J connectivity index is 1.97. The number of benzene rings is 1. The molecule has 0 fully saturated rings. The fourth-order valence-corrected chi connectivity index (χ4v) is 1.48. The lowest BCUT2D eigenvalue weighted by molar-refractivity contribution is -0.402. The molecule has 0 atom stereocenters. The molecule has 1 heterocycles. The fourth-order valence-electron chi connectivity index (χ4n) is 1.48. The van der Waals surface area contributed by atoms with Gasteiger partial charge < -0.3 is 9.15 Å². The monoisotopic (exact) mass is 293 g/mol. The Morgan fingerprint density at radius 3 is 2.67 bits per heavy atom. The van der Waals surface area contributed by atoms with Crippen LogP contribution in [-0.4, -0.2) is 23.3 Å². The van der Waals surface area contributed by atoms with Crippen LogP contribution in [0.3, 0.4) is 0 Å². The van der Waals surface area contributed by atoms with Crippen molar-refractivity contribution in [2.24, 2.45) is 0 Å². The molecule has 2 aromatic rings. The average Bonchev–Trinajstić information content (AvgIpc) is 2.94. The third-order valence-corrected chi connectivity index (χ3v) is 2.45. The first kappa shape index (κ1) is 14.4. The number of carbonyl (C=O) groups is 2. The van der Waals surface area contributed by atoms with Crippen molar-refractivity contribution in [1.29, 1.82) is 0 Å². The van der Waals surface area contributed by atoms with E-state index in [1.807, 2.05) is 0 Å². The number of rotatable bonds is 5. The summed E-state index contributed by atoms with van der Waals surface area (Å²) >= 11 is 0. The van der Waals surface area contributed by atoms with Crippen molar-refractivity contribution in [1.82, 2.24) is 0 Å². The summed E-state index contributed by atoms with van der Waals surface area (Å²) < 4.78 is 22.2. The van der Waals surface area contributed by atoms with Crippen molar-refractivity contribution in [2.75, 3.05) is 6.61 Å². The summed E-state index contributed by atoms with van der Waals surface area (Å²) in [6.07, 6.45) is 0. The number of furan rings is 1. The highest BCUT2D eigenvalue weighted by molar-refractivity contribution is 5.98. The van der Waals surface area contributed by atoms with E-state index in [0.29, 0.717) is 0 Å². The molecule has 108 valence electrons. The van der Waals surface area contributed by atoms with E-state index in [1.165, 1.54) is 18.2 Å². The van der Waals surface area contributed by atoms with Crippen LogP contribution in [0.1, 0.15) is 20.9 Å². The second kappa shape index (κ2) is 5.95. The molecule has 0 spiro atoms. The third-order valence-electron chi connectivity index (χ3n) is 2.45. The molecule has 1 aromatic carbocycles. The molecule has 0 saturated carbocycles. The number of Topliss-reactive ketones (excluding diaryl/α,β-unsaturated/α-hetero) is 1. The maximum absolute atomic E-state index is 12.9. The van der Waals surface area contributed by atoms with E-state index in [4.69, 9.17) is 0 Å². The summed E-state index contributed by atoms with van der Waals surface area (Å²) in [4.78, 5) is 32.8. The van der Waals surface area contributed by atoms with Crippen LogP contribution < -0.4 is 0 Å². The summed E-state index contributed by atoms with van der Waals surface area (Å²) in [7, 11) is 0. The van der Waals surface area contributed by atoms with Crippen molar-refractivity contribution in [2.45, 2.75) is 0 Å². The van der Waals surface area contributed by atoms with Gasteiger partial charge >= 0.3 is 11.9 Å². The van der Waals surface area contributed by atoms with Gasteiger partial charge in [0.05, 0.1) is 6.07 Å². The Labute approximate surface area is 117 Å². The Morgan fingerprint density at radius 2 is 2.05 bits per heavy atom. The van der Waals surface area contributed by atoms with Gasteiger partial charge in [-0.1, -0.05) is 12.1 Å². The lowest BCUT2D eigenvalue weighted by atomic mass is 10.1. The minimum atomic E-state index is -1.02. The SMILES string of the molecule is O=C(COC(=O)c1ccc([N+](=O)[O-])o1)c1cccc(F)c1. The van der Waals surface area contributed by atoms with Gasteiger partial charge in [0.15, 0.2) is 12.4 Å². The first-order chi connectivity index (χ1) is 9.97. The highest BCUT2D eigenvalue weighted by atomic mass is 19.1.